The number of likely N-dealkylation sites (N-methyl/N-ethyl adjacent to an activating group) is 1. The van der Waals surface area contributed by atoms with Crippen LogP contribution in [0.3, 0.4) is 0 Å². The number of ether oxygens (including phenoxy) is 1. The van der Waals surface area contributed by atoms with Gasteiger partial charge in [0.25, 0.3) is 5.91 Å². The van der Waals surface area contributed by atoms with Crippen molar-refractivity contribution in [2.45, 2.75) is 32.5 Å². The summed E-state index contributed by atoms with van der Waals surface area (Å²) in [6, 6.07) is 18.4. The molecule has 7 heteroatoms. The molecule has 1 amide bonds. The second-order valence-electron chi connectivity index (χ2n) is 8.53. The van der Waals surface area contributed by atoms with Gasteiger partial charge in [-0.1, -0.05) is 49.4 Å². The van der Waals surface area contributed by atoms with Gasteiger partial charge < -0.3 is 19.9 Å². The van der Waals surface area contributed by atoms with E-state index in [4.69, 9.17) is 4.74 Å². The minimum atomic E-state index is -0.0729. The number of anilines is 2. The molecule has 1 unspecified atom stereocenters. The molecule has 0 aliphatic carbocycles. The Kier molecular flexibility index (Phi) is 7.87. The van der Waals surface area contributed by atoms with E-state index in [9.17, 15) is 4.79 Å². The number of rotatable bonds is 9. The van der Waals surface area contributed by atoms with Gasteiger partial charge in [-0.3, -0.25) is 4.79 Å². The zero-order chi connectivity index (χ0) is 23.9. The summed E-state index contributed by atoms with van der Waals surface area (Å²) in [5, 5.41) is 3.21. The second-order valence-corrected chi connectivity index (χ2v) is 8.53. The van der Waals surface area contributed by atoms with Gasteiger partial charge >= 0.3 is 0 Å². The Balaban J connectivity index is 1.53. The van der Waals surface area contributed by atoms with E-state index in [-0.39, 0.29) is 12.0 Å². The van der Waals surface area contributed by atoms with Gasteiger partial charge in [0.05, 0.1) is 12.7 Å². The molecule has 2 heterocycles. The van der Waals surface area contributed by atoms with E-state index in [0.717, 1.165) is 36.5 Å². The summed E-state index contributed by atoms with van der Waals surface area (Å²) in [6.07, 6.45) is 3.28. The number of carbonyl (C=O) groups is 1. The number of hydrogen-bond donors (Lipinski definition) is 1. The van der Waals surface area contributed by atoms with Gasteiger partial charge in [-0.15, -0.1) is 0 Å². The van der Waals surface area contributed by atoms with Crippen LogP contribution in [0.15, 0.2) is 60.8 Å². The van der Waals surface area contributed by atoms with E-state index in [1.165, 1.54) is 5.56 Å². The summed E-state index contributed by atoms with van der Waals surface area (Å²) < 4.78 is 6.34. The largest absolute Gasteiger partial charge is 0.369 e. The number of aryl methyl sites for hydroxylation is 1. The Morgan fingerprint density at radius 1 is 1.12 bits per heavy atom. The molecule has 0 fully saturated rings. The molecule has 1 aliphatic heterocycles. The first kappa shape index (κ1) is 23.9. The molecule has 7 nitrogen and oxygen atoms in total. The summed E-state index contributed by atoms with van der Waals surface area (Å²) in [4.78, 5) is 26.3. The molecule has 1 N–H and O–H groups in total. The lowest BCUT2D eigenvalue weighted by molar-refractivity contribution is 0.0344. The molecule has 0 radical (unpaired) electrons. The maximum atomic E-state index is 13.4. The molecule has 178 valence electrons. The van der Waals surface area contributed by atoms with Crippen molar-refractivity contribution >= 4 is 17.4 Å². The fourth-order valence-electron chi connectivity index (χ4n) is 4.17. The van der Waals surface area contributed by atoms with Crippen molar-refractivity contribution in [1.82, 2.24) is 15.3 Å². The van der Waals surface area contributed by atoms with Gasteiger partial charge in [-0.05, 0) is 43.3 Å². The molecule has 0 saturated carbocycles. The first-order valence-corrected chi connectivity index (χ1v) is 11.9. The zero-order valence-electron chi connectivity index (χ0n) is 20.2. The van der Waals surface area contributed by atoms with Crippen LogP contribution in [0, 0.1) is 0 Å². The maximum absolute atomic E-state index is 13.4. The number of benzene rings is 2. The van der Waals surface area contributed by atoms with Crippen LogP contribution >= 0.6 is 0 Å². The SMILES string of the molecule is CCc1ncc2c(n1)N(C)CCN(c1cccc(COC(CCNC)c3ccccc3)c1)C2=O. The molecule has 4 rings (SSSR count). The molecule has 34 heavy (non-hydrogen) atoms. The van der Waals surface area contributed by atoms with Crippen molar-refractivity contribution in [2.75, 3.05) is 43.5 Å². The minimum Gasteiger partial charge on any atom is -0.369 e. The van der Waals surface area contributed by atoms with E-state index in [1.807, 2.05) is 73.3 Å². The molecular weight excluding hydrogens is 426 g/mol. The van der Waals surface area contributed by atoms with Crippen molar-refractivity contribution in [3.8, 4) is 0 Å². The van der Waals surface area contributed by atoms with Gasteiger partial charge in [0.1, 0.15) is 17.2 Å². The first-order valence-electron chi connectivity index (χ1n) is 11.9. The molecular formula is C27H33N5O2. The highest BCUT2D eigenvalue weighted by Gasteiger charge is 2.28. The predicted octanol–water partition coefficient (Wildman–Crippen LogP) is 4.00. The number of nitrogens with one attached hydrogen (secondary N) is 1. The van der Waals surface area contributed by atoms with E-state index in [0.29, 0.717) is 31.1 Å². The minimum absolute atomic E-state index is 0.00237. The smallest absolute Gasteiger partial charge is 0.263 e. The molecule has 0 saturated heterocycles. The number of nitrogens with zero attached hydrogens (tertiary/aromatic N) is 4. The lowest BCUT2D eigenvalue weighted by Crippen LogP contribution is -2.33. The summed E-state index contributed by atoms with van der Waals surface area (Å²) in [6.45, 7) is 4.63. The van der Waals surface area contributed by atoms with Gasteiger partial charge in [0.2, 0.25) is 0 Å². The Hall–Kier alpha value is -3.29. The van der Waals surface area contributed by atoms with Crippen molar-refractivity contribution in [3.05, 3.63) is 83.3 Å². The Labute approximate surface area is 201 Å². The van der Waals surface area contributed by atoms with Crippen molar-refractivity contribution < 1.29 is 9.53 Å². The van der Waals surface area contributed by atoms with Crippen molar-refractivity contribution in [1.29, 1.82) is 0 Å². The zero-order valence-corrected chi connectivity index (χ0v) is 20.2. The third-order valence-electron chi connectivity index (χ3n) is 6.13. The molecule has 0 spiro atoms. The second kappa shape index (κ2) is 11.2. The molecule has 2 aromatic carbocycles. The monoisotopic (exact) mass is 459 g/mol. The summed E-state index contributed by atoms with van der Waals surface area (Å²) >= 11 is 0. The number of carbonyl (C=O) groups excluding carboxylic acids is 1. The van der Waals surface area contributed by atoms with Crippen LogP contribution in [0.25, 0.3) is 0 Å². The van der Waals surface area contributed by atoms with Crippen LogP contribution in [-0.2, 0) is 17.8 Å². The van der Waals surface area contributed by atoms with Crippen LogP contribution in [0.1, 0.15) is 46.8 Å². The quantitative estimate of drug-likeness (QED) is 0.522. The molecule has 1 atom stereocenters. The Morgan fingerprint density at radius 3 is 2.71 bits per heavy atom. The fourth-order valence-corrected chi connectivity index (χ4v) is 4.17. The lowest BCUT2D eigenvalue weighted by atomic mass is 10.1. The third kappa shape index (κ3) is 5.43. The first-order chi connectivity index (χ1) is 16.6. The van der Waals surface area contributed by atoms with Crippen LogP contribution in [-0.4, -0.2) is 49.6 Å². The lowest BCUT2D eigenvalue weighted by Gasteiger charge is -2.22. The van der Waals surface area contributed by atoms with E-state index in [1.54, 1.807) is 6.20 Å². The van der Waals surface area contributed by atoms with Gasteiger partial charge in [-0.25, -0.2) is 9.97 Å². The van der Waals surface area contributed by atoms with Crippen LogP contribution in [0.5, 0.6) is 0 Å². The van der Waals surface area contributed by atoms with Crippen LogP contribution in [0.2, 0.25) is 0 Å². The maximum Gasteiger partial charge on any atom is 0.263 e. The third-order valence-corrected chi connectivity index (χ3v) is 6.13. The standard InChI is InChI=1S/C27H33N5O2/c1-4-25-29-18-23-26(30-25)31(3)15-16-32(27(23)33)22-12-8-9-20(17-22)19-34-24(13-14-28-2)21-10-6-5-7-11-21/h5-12,17-18,24,28H,4,13-16,19H2,1-3H3. The molecule has 1 aliphatic rings. The van der Waals surface area contributed by atoms with E-state index < -0.39 is 0 Å². The van der Waals surface area contributed by atoms with Crippen LogP contribution < -0.4 is 15.1 Å². The van der Waals surface area contributed by atoms with Crippen molar-refractivity contribution in [2.24, 2.45) is 0 Å². The topological polar surface area (TPSA) is 70.6 Å². The summed E-state index contributed by atoms with van der Waals surface area (Å²) in [7, 11) is 3.93. The van der Waals surface area contributed by atoms with Crippen LogP contribution in [0.4, 0.5) is 11.5 Å². The van der Waals surface area contributed by atoms with Gasteiger partial charge in [0.15, 0.2) is 0 Å². The molecule has 0 bridgehead atoms. The van der Waals surface area contributed by atoms with E-state index in [2.05, 4.69) is 27.4 Å². The highest BCUT2D eigenvalue weighted by atomic mass is 16.5. The summed E-state index contributed by atoms with van der Waals surface area (Å²) in [5.74, 6) is 1.38. The average Bonchev–Trinajstić information content (AvgIpc) is 3.00. The summed E-state index contributed by atoms with van der Waals surface area (Å²) in [5.41, 5.74) is 3.60. The number of aromatic nitrogens is 2. The Bertz CT molecular complexity index is 1110. The average molecular weight is 460 g/mol. The predicted molar refractivity (Wildman–Crippen MR) is 135 cm³/mol. The normalized spacial score (nSPS) is 14.6. The Morgan fingerprint density at radius 2 is 1.94 bits per heavy atom. The van der Waals surface area contributed by atoms with Crippen molar-refractivity contribution in [3.63, 3.8) is 0 Å². The number of amides is 1. The number of fused-ring (bicyclic) bond motifs is 1. The van der Waals surface area contributed by atoms with Gasteiger partial charge in [-0.2, -0.15) is 0 Å². The highest BCUT2D eigenvalue weighted by molar-refractivity contribution is 6.09. The van der Waals surface area contributed by atoms with E-state index >= 15 is 0 Å². The molecule has 1 aromatic heterocycles. The molecule has 3 aromatic rings. The number of hydrogen-bond acceptors (Lipinski definition) is 6. The highest BCUT2D eigenvalue weighted by Crippen LogP contribution is 2.27. The van der Waals surface area contributed by atoms with Gasteiger partial charge in [0, 0.05) is 38.4 Å². The fraction of sp³-hybridized carbons (Fsp3) is 0.370.